The number of hydrogen-bond acceptors (Lipinski definition) is 3. The van der Waals surface area contributed by atoms with Crippen molar-refractivity contribution in [3.63, 3.8) is 0 Å². The van der Waals surface area contributed by atoms with Gasteiger partial charge in [0.2, 0.25) is 0 Å². The molecule has 14 heavy (non-hydrogen) atoms. The third-order valence-corrected chi connectivity index (χ3v) is 2.81. The summed E-state index contributed by atoms with van der Waals surface area (Å²) in [6, 6.07) is 0.514. The molecule has 1 aromatic heterocycles. The summed E-state index contributed by atoms with van der Waals surface area (Å²) in [6.07, 6.45) is 6.20. The van der Waals surface area contributed by atoms with Crippen molar-refractivity contribution in [1.29, 1.82) is 0 Å². The van der Waals surface area contributed by atoms with Crippen LogP contribution in [0.2, 0.25) is 0 Å². The molecule has 1 aliphatic heterocycles. The van der Waals surface area contributed by atoms with Crippen LogP contribution in [0.1, 0.15) is 31.5 Å². The molecule has 4 heteroatoms. The summed E-state index contributed by atoms with van der Waals surface area (Å²) in [7, 11) is 0. The van der Waals surface area contributed by atoms with E-state index >= 15 is 0 Å². The Morgan fingerprint density at radius 3 is 3.29 bits per heavy atom. The minimum atomic E-state index is 0.349. The van der Waals surface area contributed by atoms with Crippen LogP contribution < -0.4 is 5.73 Å². The Balaban J connectivity index is 2.13. The van der Waals surface area contributed by atoms with Crippen LogP contribution in [0.3, 0.4) is 0 Å². The van der Waals surface area contributed by atoms with Crippen molar-refractivity contribution in [3.8, 4) is 0 Å². The standard InChI is InChI=1S/C10H17N3O/c1-8-4-9(2-3-14-8)13-7-12-6-10(13)5-11/h6-9H,2-5,11H2,1H3. The van der Waals surface area contributed by atoms with Gasteiger partial charge < -0.3 is 15.0 Å². The first-order chi connectivity index (χ1) is 6.81. The van der Waals surface area contributed by atoms with E-state index in [1.165, 1.54) is 0 Å². The summed E-state index contributed by atoms with van der Waals surface area (Å²) in [6.45, 7) is 3.52. The summed E-state index contributed by atoms with van der Waals surface area (Å²) in [4.78, 5) is 4.14. The number of aromatic nitrogens is 2. The van der Waals surface area contributed by atoms with E-state index in [4.69, 9.17) is 10.5 Å². The lowest BCUT2D eigenvalue weighted by molar-refractivity contribution is 0.00547. The van der Waals surface area contributed by atoms with Crippen molar-refractivity contribution in [3.05, 3.63) is 18.2 Å². The zero-order valence-corrected chi connectivity index (χ0v) is 8.52. The molecule has 1 aromatic rings. The maximum Gasteiger partial charge on any atom is 0.0951 e. The van der Waals surface area contributed by atoms with E-state index < -0.39 is 0 Å². The van der Waals surface area contributed by atoms with Crippen molar-refractivity contribution < 1.29 is 4.74 Å². The molecule has 0 aromatic carbocycles. The molecule has 0 bridgehead atoms. The van der Waals surface area contributed by atoms with Crippen molar-refractivity contribution in [2.24, 2.45) is 5.73 Å². The number of nitrogens with two attached hydrogens (primary N) is 1. The van der Waals surface area contributed by atoms with Gasteiger partial charge in [-0.2, -0.15) is 0 Å². The van der Waals surface area contributed by atoms with Crippen LogP contribution >= 0.6 is 0 Å². The Bertz CT molecular complexity index is 297. The third kappa shape index (κ3) is 1.81. The summed E-state index contributed by atoms with van der Waals surface area (Å²) < 4.78 is 7.71. The first-order valence-corrected chi connectivity index (χ1v) is 5.13. The van der Waals surface area contributed by atoms with Crippen LogP contribution in [-0.2, 0) is 11.3 Å². The SMILES string of the molecule is CC1CC(n2cncc2CN)CCO1. The molecular weight excluding hydrogens is 178 g/mol. The van der Waals surface area contributed by atoms with E-state index in [0.29, 0.717) is 18.7 Å². The molecule has 4 nitrogen and oxygen atoms in total. The van der Waals surface area contributed by atoms with Gasteiger partial charge in [0.15, 0.2) is 0 Å². The number of hydrogen-bond donors (Lipinski definition) is 1. The summed E-state index contributed by atoms with van der Waals surface area (Å²) in [5.74, 6) is 0. The van der Waals surface area contributed by atoms with Gasteiger partial charge in [0.1, 0.15) is 0 Å². The monoisotopic (exact) mass is 195 g/mol. The maximum atomic E-state index is 5.64. The Morgan fingerprint density at radius 1 is 1.71 bits per heavy atom. The molecular formula is C10H17N3O. The van der Waals surface area contributed by atoms with Gasteiger partial charge in [-0.1, -0.05) is 0 Å². The molecule has 0 amide bonds. The summed E-state index contributed by atoms with van der Waals surface area (Å²) in [5.41, 5.74) is 6.76. The van der Waals surface area contributed by atoms with E-state index in [9.17, 15) is 0 Å². The van der Waals surface area contributed by atoms with E-state index in [2.05, 4.69) is 16.5 Å². The van der Waals surface area contributed by atoms with Crippen LogP contribution in [0, 0.1) is 0 Å². The van der Waals surface area contributed by atoms with Gasteiger partial charge in [0.25, 0.3) is 0 Å². The van der Waals surface area contributed by atoms with Gasteiger partial charge in [0.05, 0.1) is 18.1 Å². The van der Waals surface area contributed by atoms with Crippen molar-refractivity contribution in [2.45, 2.75) is 38.5 Å². The Labute approximate surface area is 84.1 Å². The highest BCUT2D eigenvalue weighted by Crippen LogP contribution is 2.25. The van der Waals surface area contributed by atoms with E-state index in [0.717, 1.165) is 25.1 Å². The molecule has 0 saturated carbocycles. The molecule has 2 unspecified atom stereocenters. The molecule has 2 N–H and O–H groups in total. The zero-order chi connectivity index (χ0) is 9.97. The van der Waals surface area contributed by atoms with Crippen LogP contribution in [0.15, 0.2) is 12.5 Å². The fraction of sp³-hybridized carbons (Fsp3) is 0.700. The van der Waals surface area contributed by atoms with Gasteiger partial charge in [0, 0.05) is 25.4 Å². The fourth-order valence-corrected chi connectivity index (χ4v) is 2.05. The summed E-state index contributed by atoms with van der Waals surface area (Å²) in [5, 5.41) is 0. The number of rotatable bonds is 2. The van der Waals surface area contributed by atoms with Crippen LogP contribution in [0.4, 0.5) is 0 Å². The molecule has 78 valence electrons. The quantitative estimate of drug-likeness (QED) is 0.768. The highest BCUT2D eigenvalue weighted by molar-refractivity contribution is 5.00. The van der Waals surface area contributed by atoms with Crippen molar-refractivity contribution in [2.75, 3.05) is 6.61 Å². The lowest BCUT2D eigenvalue weighted by Crippen LogP contribution is -2.26. The maximum absolute atomic E-state index is 5.64. The zero-order valence-electron chi connectivity index (χ0n) is 8.52. The molecule has 1 fully saturated rings. The third-order valence-electron chi connectivity index (χ3n) is 2.81. The number of ether oxygens (including phenoxy) is 1. The molecule has 2 rings (SSSR count). The Kier molecular flexibility index (Phi) is 2.84. The van der Waals surface area contributed by atoms with Crippen LogP contribution in [-0.4, -0.2) is 22.3 Å². The van der Waals surface area contributed by atoms with Crippen molar-refractivity contribution >= 4 is 0 Å². The Morgan fingerprint density at radius 2 is 2.57 bits per heavy atom. The molecule has 2 atom stereocenters. The number of nitrogens with zero attached hydrogens (tertiary/aromatic N) is 2. The van der Waals surface area contributed by atoms with Crippen LogP contribution in [0.5, 0.6) is 0 Å². The minimum Gasteiger partial charge on any atom is -0.378 e. The molecule has 0 radical (unpaired) electrons. The van der Waals surface area contributed by atoms with Gasteiger partial charge in [-0.05, 0) is 19.8 Å². The fourth-order valence-electron chi connectivity index (χ4n) is 2.05. The normalized spacial score (nSPS) is 27.9. The first kappa shape index (κ1) is 9.68. The van der Waals surface area contributed by atoms with Gasteiger partial charge in [-0.3, -0.25) is 0 Å². The second-order valence-corrected chi connectivity index (χ2v) is 3.86. The van der Waals surface area contributed by atoms with E-state index in [1.807, 2.05) is 12.5 Å². The van der Waals surface area contributed by atoms with E-state index in [1.54, 1.807) is 0 Å². The van der Waals surface area contributed by atoms with E-state index in [-0.39, 0.29) is 0 Å². The predicted molar refractivity (Wildman–Crippen MR) is 53.8 cm³/mol. The van der Waals surface area contributed by atoms with Gasteiger partial charge >= 0.3 is 0 Å². The van der Waals surface area contributed by atoms with Gasteiger partial charge in [-0.15, -0.1) is 0 Å². The predicted octanol–water partition coefficient (Wildman–Crippen LogP) is 1.08. The molecule has 2 heterocycles. The lowest BCUT2D eigenvalue weighted by Gasteiger charge is -2.29. The second kappa shape index (κ2) is 4.11. The van der Waals surface area contributed by atoms with Gasteiger partial charge in [-0.25, -0.2) is 4.98 Å². The second-order valence-electron chi connectivity index (χ2n) is 3.86. The molecule has 0 spiro atoms. The Hall–Kier alpha value is -0.870. The smallest absolute Gasteiger partial charge is 0.0951 e. The highest BCUT2D eigenvalue weighted by Gasteiger charge is 2.21. The summed E-state index contributed by atoms with van der Waals surface area (Å²) >= 11 is 0. The van der Waals surface area contributed by atoms with Crippen molar-refractivity contribution in [1.82, 2.24) is 9.55 Å². The largest absolute Gasteiger partial charge is 0.378 e. The molecule has 0 aliphatic carbocycles. The highest BCUT2D eigenvalue weighted by atomic mass is 16.5. The first-order valence-electron chi connectivity index (χ1n) is 5.13. The average Bonchev–Trinajstić information content (AvgIpc) is 2.65. The van der Waals surface area contributed by atoms with Crippen LogP contribution in [0.25, 0.3) is 0 Å². The minimum absolute atomic E-state index is 0.349. The lowest BCUT2D eigenvalue weighted by atomic mass is 10.0. The average molecular weight is 195 g/mol. The number of imidazole rings is 1. The molecule has 1 saturated heterocycles. The topological polar surface area (TPSA) is 53.1 Å². The molecule has 1 aliphatic rings.